The molecule has 0 bridgehead atoms. The van der Waals surface area contributed by atoms with E-state index in [1.807, 2.05) is 74.5 Å². The van der Waals surface area contributed by atoms with E-state index >= 15 is 0 Å². The van der Waals surface area contributed by atoms with Crippen molar-refractivity contribution in [2.45, 2.75) is 42.9 Å². The molecule has 0 aromatic heterocycles. The van der Waals surface area contributed by atoms with E-state index in [9.17, 15) is 14.4 Å². The van der Waals surface area contributed by atoms with Crippen LogP contribution in [0.1, 0.15) is 30.4 Å². The molecule has 0 aliphatic carbocycles. The summed E-state index contributed by atoms with van der Waals surface area (Å²) in [5, 5.41) is 6.21. The standard InChI is InChI=1S/C27H27ClN2O4S/c1-18-6-9-22(16-19(18)2)30-26(32)17-34-27(33)5-3-4-25(31)29-21-10-14-24(15-11-21)35-23-12-7-20(28)8-13-23/h6-16H,3-5,17H2,1-2H3,(H,29,31)(H,30,32). The first-order chi connectivity index (χ1) is 16.8. The topological polar surface area (TPSA) is 84.5 Å². The van der Waals surface area contributed by atoms with Crippen molar-refractivity contribution >= 4 is 52.5 Å². The largest absolute Gasteiger partial charge is 0.456 e. The number of aryl methyl sites for hydroxylation is 2. The van der Waals surface area contributed by atoms with Gasteiger partial charge in [0.25, 0.3) is 5.91 Å². The number of ether oxygens (including phenoxy) is 1. The van der Waals surface area contributed by atoms with Gasteiger partial charge in [-0.1, -0.05) is 29.4 Å². The van der Waals surface area contributed by atoms with Gasteiger partial charge in [0.2, 0.25) is 5.91 Å². The lowest BCUT2D eigenvalue weighted by Gasteiger charge is -2.09. The van der Waals surface area contributed by atoms with Crippen molar-refractivity contribution in [3.05, 3.63) is 82.9 Å². The highest BCUT2D eigenvalue weighted by molar-refractivity contribution is 7.99. The Bertz CT molecular complexity index is 1180. The molecule has 3 aromatic rings. The second-order valence-electron chi connectivity index (χ2n) is 7.99. The Morgan fingerprint density at radius 3 is 2.03 bits per heavy atom. The Hall–Kier alpha value is -3.29. The predicted octanol–water partition coefficient (Wildman–Crippen LogP) is 6.40. The van der Waals surface area contributed by atoms with Gasteiger partial charge in [0.15, 0.2) is 6.61 Å². The van der Waals surface area contributed by atoms with Crippen LogP contribution in [0, 0.1) is 13.8 Å². The summed E-state index contributed by atoms with van der Waals surface area (Å²) in [7, 11) is 0. The van der Waals surface area contributed by atoms with Crippen molar-refractivity contribution in [1.29, 1.82) is 0 Å². The van der Waals surface area contributed by atoms with Gasteiger partial charge in [0.05, 0.1) is 0 Å². The van der Waals surface area contributed by atoms with Crippen LogP contribution in [0.3, 0.4) is 0 Å². The van der Waals surface area contributed by atoms with Gasteiger partial charge < -0.3 is 15.4 Å². The van der Waals surface area contributed by atoms with Crippen LogP contribution in [-0.4, -0.2) is 24.4 Å². The van der Waals surface area contributed by atoms with Gasteiger partial charge in [-0.25, -0.2) is 0 Å². The number of esters is 1. The third-order valence-electron chi connectivity index (χ3n) is 5.13. The molecule has 182 valence electrons. The minimum atomic E-state index is -0.517. The molecule has 2 N–H and O–H groups in total. The zero-order chi connectivity index (χ0) is 25.2. The Morgan fingerprint density at radius 1 is 0.771 bits per heavy atom. The van der Waals surface area contributed by atoms with Crippen molar-refractivity contribution < 1.29 is 19.1 Å². The maximum atomic E-state index is 12.2. The summed E-state index contributed by atoms with van der Waals surface area (Å²) in [5.74, 6) is -1.11. The quantitative estimate of drug-likeness (QED) is 0.308. The fourth-order valence-corrected chi connectivity index (χ4v) is 4.04. The second kappa shape index (κ2) is 13.0. The van der Waals surface area contributed by atoms with E-state index in [1.165, 1.54) is 0 Å². The second-order valence-corrected chi connectivity index (χ2v) is 9.57. The number of hydrogen-bond acceptors (Lipinski definition) is 5. The normalized spacial score (nSPS) is 10.5. The van der Waals surface area contributed by atoms with Crippen molar-refractivity contribution in [2.24, 2.45) is 0 Å². The number of anilines is 2. The highest BCUT2D eigenvalue weighted by Gasteiger charge is 2.10. The predicted molar refractivity (Wildman–Crippen MR) is 140 cm³/mol. The molecule has 0 atom stereocenters. The van der Waals surface area contributed by atoms with Crippen LogP contribution < -0.4 is 10.6 Å². The molecule has 0 aliphatic heterocycles. The SMILES string of the molecule is Cc1ccc(NC(=O)COC(=O)CCCC(=O)Nc2ccc(Sc3ccc(Cl)cc3)cc2)cc1C. The molecular weight excluding hydrogens is 484 g/mol. The smallest absolute Gasteiger partial charge is 0.306 e. The number of benzene rings is 3. The van der Waals surface area contributed by atoms with Gasteiger partial charge in [0.1, 0.15) is 0 Å². The summed E-state index contributed by atoms with van der Waals surface area (Å²) in [6.45, 7) is 3.58. The van der Waals surface area contributed by atoms with E-state index in [1.54, 1.807) is 17.8 Å². The molecule has 0 unspecified atom stereocenters. The zero-order valence-corrected chi connectivity index (χ0v) is 21.2. The summed E-state index contributed by atoms with van der Waals surface area (Å²) in [4.78, 5) is 38.2. The molecular formula is C27H27ClN2O4S. The molecule has 0 aliphatic rings. The minimum absolute atomic E-state index is 0.0566. The molecule has 35 heavy (non-hydrogen) atoms. The van der Waals surface area contributed by atoms with Gasteiger partial charge >= 0.3 is 5.97 Å². The number of hydrogen-bond donors (Lipinski definition) is 2. The van der Waals surface area contributed by atoms with E-state index in [-0.39, 0.29) is 25.4 Å². The first-order valence-corrected chi connectivity index (χ1v) is 12.3. The number of rotatable bonds is 10. The third-order valence-corrected chi connectivity index (χ3v) is 6.39. The Labute approximate surface area is 214 Å². The molecule has 0 heterocycles. The van der Waals surface area contributed by atoms with Crippen molar-refractivity contribution in [3.8, 4) is 0 Å². The molecule has 0 spiro atoms. The van der Waals surface area contributed by atoms with Crippen LogP contribution in [0.25, 0.3) is 0 Å². The van der Waals surface area contributed by atoms with Gasteiger partial charge in [-0.2, -0.15) is 0 Å². The van der Waals surface area contributed by atoms with Crippen LogP contribution in [-0.2, 0) is 19.1 Å². The van der Waals surface area contributed by atoms with Crippen molar-refractivity contribution in [3.63, 3.8) is 0 Å². The van der Waals surface area contributed by atoms with Crippen molar-refractivity contribution in [2.75, 3.05) is 17.2 Å². The van der Waals surface area contributed by atoms with Gasteiger partial charge in [0, 0.05) is 39.0 Å². The monoisotopic (exact) mass is 510 g/mol. The lowest BCUT2D eigenvalue weighted by atomic mass is 10.1. The maximum absolute atomic E-state index is 12.2. The molecule has 0 saturated heterocycles. The van der Waals surface area contributed by atoms with E-state index in [0.29, 0.717) is 22.8 Å². The Balaban J connectivity index is 1.32. The highest BCUT2D eigenvalue weighted by Crippen LogP contribution is 2.29. The lowest BCUT2D eigenvalue weighted by Crippen LogP contribution is -2.21. The van der Waals surface area contributed by atoms with E-state index < -0.39 is 11.9 Å². The molecule has 3 rings (SSSR count). The summed E-state index contributed by atoms with van der Waals surface area (Å²) < 4.78 is 5.01. The summed E-state index contributed by atoms with van der Waals surface area (Å²) in [5.41, 5.74) is 3.53. The number of halogens is 1. The fourth-order valence-electron chi connectivity index (χ4n) is 3.10. The molecule has 3 aromatic carbocycles. The first kappa shape index (κ1) is 26.3. The Kier molecular flexibility index (Phi) is 9.76. The molecule has 2 amide bonds. The van der Waals surface area contributed by atoms with E-state index in [4.69, 9.17) is 16.3 Å². The van der Waals surface area contributed by atoms with Gasteiger partial charge in [-0.3, -0.25) is 14.4 Å². The van der Waals surface area contributed by atoms with Crippen LogP contribution in [0.4, 0.5) is 11.4 Å². The van der Waals surface area contributed by atoms with Gasteiger partial charge in [-0.15, -0.1) is 0 Å². The molecule has 6 nitrogen and oxygen atoms in total. The molecule has 0 fully saturated rings. The molecule has 0 radical (unpaired) electrons. The first-order valence-electron chi connectivity index (χ1n) is 11.1. The maximum Gasteiger partial charge on any atom is 0.306 e. The average Bonchev–Trinajstić information content (AvgIpc) is 2.83. The average molecular weight is 511 g/mol. The highest BCUT2D eigenvalue weighted by atomic mass is 35.5. The van der Waals surface area contributed by atoms with Crippen molar-refractivity contribution in [1.82, 2.24) is 0 Å². The minimum Gasteiger partial charge on any atom is -0.456 e. The zero-order valence-electron chi connectivity index (χ0n) is 19.6. The van der Waals surface area contributed by atoms with Crippen LogP contribution in [0.2, 0.25) is 5.02 Å². The van der Waals surface area contributed by atoms with E-state index in [0.717, 1.165) is 20.9 Å². The number of nitrogens with one attached hydrogen (secondary N) is 2. The fraction of sp³-hybridized carbons (Fsp3) is 0.222. The molecule has 8 heteroatoms. The summed E-state index contributed by atoms with van der Waals surface area (Å²) in [6, 6.07) is 20.7. The summed E-state index contributed by atoms with van der Waals surface area (Å²) >= 11 is 7.51. The number of carbonyl (C=O) groups excluding carboxylic acids is 3. The molecule has 0 saturated carbocycles. The van der Waals surface area contributed by atoms with E-state index in [2.05, 4.69) is 10.6 Å². The summed E-state index contributed by atoms with van der Waals surface area (Å²) in [6.07, 6.45) is 0.556. The van der Waals surface area contributed by atoms with Crippen LogP contribution >= 0.6 is 23.4 Å². The lowest BCUT2D eigenvalue weighted by molar-refractivity contribution is -0.147. The number of amides is 2. The van der Waals surface area contributed by atoms with Gasteiger partial charge in [-0.05, 0) is 92.1 Å². The third kappa shape index (κ3) is 9.11. The van der Waals surface area contributed by atoms with Crippen LogP contribution in [0.15, 0.2) is 76.5 Å². The van der Waals surface area contributed by atoms with Crippen LogP contribution in [0.5, 0.6) is 0 Å². The number of carbonyl (C=O) groups is 3. The Morgan fingerprint density at radius 2 is 1.37 bits per heavy atom.